The Morgan fingerprint density at radius 1 is 1.38 bits per heavy atom. The lowest BCUT2D eigenvalue weighted by atomic mass is 10.0. The zero-order valence-electron chi connectivity index (χ0n) is 9.39. The van der Waals surface area contributed by atoms with Gasteiger partial charge in [0.25, 0.3) is 0 Å². The van der Waals surface area contributed by atoms with Gasteiger partial charge in [-0.25, -0.2) is 0 Å². The summed E-state index contributed by atoms with van der Waals surface area (Å²) in [5.41, 5.74) is 0. The van der Waals surface area contributed by atoms with Gasteiger partial charge in [0, 0.05) is 12.0 Å². The summed E-state index contributed by atoms with van der Waals surface area (Å²) in [6.45, 7) is 9.08. The van der Waals surface area contributed by atoms with Crippen LogP contribution in [0.2, 0.25) is 0 Å². The molecule has 0 amide bonds. The molecule has 2 atom stereocenters. The second-order valence-electron chi connectivity index (χ2n) is 3.92. The van der Waals surface area contributed by atoms with Crippen LogP contribution >= 0.6 is 0 Å². The number of ketones is 1. The van der Waals surface area contributed by atoms with Crippen LogP contribution in [0.15, 0.2) is 0 Å². The van der Waals surface area contributed by atoms with Gasteiger partial charge >= 0.3 is 0 Å². The van der Waals surface area contributed by atoms with Crippen LogP contribution in [0.25, 0.3) is 0 Å². The standard InChI is InChI=1S/C11H23NO/c1-5-10(3)12-8-6-7-9(2)11(4)13/h9-10,12H,5-8H2,1-4H3. The van der Waals surface area contributed by atoms with E-state index >= 15 is 0 Å². The molecule has 0 aliphatic carbocycles. The summed E-state index contributed by atoms with van der Waals surface area (Å²) < 4.78 is 0. The molecule has 2 unspecified atom stereocenters. The highest BCUT2D eigenvalue weighted by Crippen LogP contribution is 2.05. The Hall–Kier alpha value is -0.370. The maximum Gasteiger partial charge on any atom is 0.132 e. The molecule has 0 aromatic heterocycles. The number of hydrogen-bond acceptors (Lipinski definition) is 2. The molecule has 0 saturated carbocycles. The predicted molar refractivity (Wildman–Crippen MR) is 56.8 cm³/mol. The number of carbonyl (C=O) groups excluding carboxylic acids is 1. The maximum atomic E-state index is 10.9. The van der Waals surface area contributed by atoms with Crippen LogP contribution in [0, 0.1) is 5.92 Å². The largest absolute Gasteiger partial charge is 0.314 e. The Labute approximate surface area is 82.1 Å². The van der Waals surface area contributed by atoms with Gasteiger partial charge in [0.2, 0.25) is 0 Å². The fourth-order valence-electron chi connectivity index (χ4n) is 1.10. The molecule has 0 bridgehead atoms. The molecule has 13 heavy (non-hydrogen) atoms. The average Bonchev–Trinajstić information content (AvgIpc) is 2.11. The molecule has 0 heterocycles. The molecular formula is C11H23NO. The van der Waals surface area contributed by atoms with Gasteiger partial charge in [0.1, 0.15) is 5.78 Å². The monoisotopic (exact) mass is 185 g/mol. The average molecular weight is 185 g/mol. The van der Waals surface area contributed by atoms with Crippen molar-refractivity contribution in [2.24, 2.45) is 5.92 Å². The van der Waals surface area contributed by atoms with Crippen molar-refractivity contribution in [1.29, 1.82) is 0 Å². The van der Waals surface area contributed by atoms with E-state index in [2.05, 4.69) is 19.2 Å². The smallest absolute Gasteiger partial charge is 0.132 e. The van der Waals surface area contributed by atoms with Gasteiger partial charge in [-0.15, -0.1) is 0 Å². The Morgan fingerprint density at radius 2 is 2.00 bits per heavy atom. The van der Waals surface area contributed by atoms with Crippen molar-refractivity contribution < 1.29 is 4.79 Å². The Balaban J connectivity index is 3.30. The summed E-state index contributed by atoms with van der Waals surface area (Å²) in [6, 6.07) is 0.604. The molecule has 0 spiro atoms. The van der Waals surface area contributed by atoms with Crippen LogP contribution in [-0.4, -0.2) is 18.4 Å². The van der Waals surface area contributed by atoms with Crippen molar-refractivity contribution in [1.82, 2.24) is 5.32 Å². The van der Waals surface area contributed by atoms with Crippen molar-refractivity contribution in [2.75, 3.05) is 6.54 Å². The van der Waals surface area contributed by atoms with E-state index in [1.165, 1.54) is 6.42 Å². The molecule has 0 rings (SSSR count). The summed E-state index contributed by atoms with van der Waals surface area (Å²) >= 11 is 0. The van der Waals surface area contributed by atoms with E-state index in [0.717, 1.165) is 19.4 Å². The molecule has 0 saturated heterocycles. The van der Waals surface area contributed by atoms with E-state index < -0.39 is 0 Å². The van der Waals surface area contributed by atoms with E-state index in [9.17, 15) is 4.79 Å². The third-order valence-corrected chi connectivity index (χ3v) is 2.61. The molecule has 0 aromatic carbocycles. The SMILES string of the molecule is CCC(C)NCCCC(C)C(C)=O. The van der Waals surface area contributed by atoms with E-state index in [1.54, 1.807) is 6.92 Å². The molecule has 0 aliphatic heterocycles. The predicted octanol–water partition coefficient (Wildman–Crippen LogP) is 2.38. The van der Waals surface area contributed by atoms with Gasteiger partial charge < -0.3 is 5.32 Å². The number of rotatable bonds is 7. The zero-order valence-corrected chi connectivity index (χ0v) is 9.39. The quantitative estimate of drug-likeness (QED) is 0.617. The zero-order chi connectivity index (χ0) is 10.3. The van der Waals surface area contributed by atoms with Crippen LogP contribution in [0.3, 0.4) is 0 Å². The highest BCUT2D eigenvalue weighted by molar-refractivity contribution is 5.77. The fraction of sp³-hybridized carbons (Fsp3) is 0.909. The molecule has 0 radical (unpaired) electrons. The fourth-order valence-corrected chi connectivity index (χ4v) is 1.10. The second-order valence-corrected chi connectivity index (χ2v) is 3.92. The highest BCUT2D eigenvalue weighted by atomic mass is 16.1. The summed E-state index contributed by atoms with van der Waals surface area (Å²) in [7, 11) is 0. The summed E-state index contributed by atoms with van der Waals surface area (Å²) in [5.74, 6) is 0.544. The van der Waals surface area contributed by atoms with Crippen LogP contribution in [0.1, 0.15) is 47.0 Å². The summed E-state index contributed by atoms with van der Waals surface area (Å²) in [4.78, 5) is 10.9. The van der Waals surface area contributed by atoms with Gasteiger partial charge in [-0.1, -0.05) is 13.8 Å². The first-order valence-electron chi connectivity index (χ1n) is 5.31. The number of carbonyl (C=O) groups is 1. The summed E-state index contributed by atoms with van der Waals surface area (Å²) in [6.07, 6.45) is 3.28. The molecule has 2 heteroatoms. The number of Topliss-reactive ketones (excluding diaryl/α,β-unsaturated/α-hetero) is 1. The first kappa shape index (κ1) is 12.6. The Bertz CT molecular complexity index is 145. The lowest BCUT2D eigenvalue weighted by molar-refractivity contribution is -0.120. The number of nitrogens with one attached hydrogen (secondary N) is 1. The first-order chi connectivity index (χ1) is 6.07. The highest BCUT2D eigenvalue weighted by Gasteiger charge is 2.06. The second kappa shape index (κ2) is 7.07. The molecule has 0 aromatic rings. The van der Waals surface area contributed by atoms with Crippen molar-refractivity contribution in [2.45, 2.75) is 53.0 Å². The van der Waals surface area contributed by atoms with E-state index in [4.69, 9.17) is 0 Å². The molecule has 0 fully saturated rings. The van der Waals surface area contributed by atoms with Gasteiger partial charge in [-0.05, 0) is 39.7 Å². The molecule has 78 valence electrons. The van der Waals surface area contributed by atoms with Crippen LogP contribution in [-0.2, 0) is 4.79 Å². The van der Waals surface area contributed by atoms with Gasteiger partial charge in [-0.2, -0.15) is 0 Å². The van der Waals surface area contributed by atoms with E-state index in [1.807, 2.05) is 6.92 Å². The van der Waals surface area contributed by atoms with E-state index in [-0.39, 0.29) is 5.92 Å². The Kier molecular flexibility index (Phi) is 6.87. The summed E-state index contributed by atoms with van der Waals surface area (Å²) in [5, 5.41) is 3.42. The molecule has 0 aliphatic rings. The third-order valence-electron chi connectivity index (χ3n) is 2.61. The molecular weight excluding hydrogens is 162 g/mol. The van der Waals surface area contributed by atoms with E-state index in [0.29, 0.717) is 11.8 Å². The Morgan fingerprint density at radius 3 is 2.46 bits per heavy atom. The van der Waals surface area contributed by atoms with Gasteiger partial charge in [0.05, 0.1) is 0 Å². The minimum Gasteiger partial charge on any atom is -0.314 e. The maximum absolute atomic E-state index is 10.9. The van der Waals surface area contributed by atoms with Crippen molar-refractivity contribution in [3.63, 3.8) is 0 Å². The van der Waals surface area contributed by atoms with Crippen molar-refractivity contribution >= 4 is 5.78 Å². The van der Waals surface area contributed by atoms with Crippen LogP contribution < -0.4 is 5.32 Å². The normalized spacial score (nSPS) is 15.4. The third kappa shape index (κ3) is 6.76. The minimum absolute atomic E-state index is 0.235. The van der Waals surface area contributed by atoms with Crippen molar-refractivity contribution in [3.05, 3.63) is 0 Å². The lowest BCUT2D eigenvalue weighted by Crippen LogP contribution is -2.26. The topological polar surface area (TPSA) is 29.1 Å². The lowest BCUT2D eigenvalue weighted by Gasteiger charge is -2.12. The van der Waals surface area contributed by atoms with Crippen molar-refractivity contribution in [3.8, 4) is 0 Å². The van der Waals surface area contributed by atoms with Gasteiger partial charge in [-0.3, -0.25) is 4.79 Å². The minimum atomic E-state index is 0.235. The first-order valence-corrected chi connectivity index (χ1v) is 5.31. The molecule has 1 N–H and O–H groups in total. The number of hydrogen-bond donors (Lipinski definition) is 1. The van der Waals surface area contributed by atoms with Gasteiger partial charge in [0.15, 0.2) is 0 Å². The van der Waals surface area contributed by atoms with Crippen LogP contribution in [0.5, 0.6) is 0 Å². The molecule has 2 nitrogen and oxygen atoms in total. The van der Waals surface area contributed by atoms with Crippen LogP contribution in [0.4, 0.5) is 0 Å².